The van der Waals surface area contributed by atoms with E-state index < -0.39 is 0 Å². The van der Waals surface area contributed by atoms with Crippen molar-refractivity contribution in [2.24, 2.45) is 17.9 Å². The molecule has 0 atom stereocenters. The van der Waals surface area contributed by atoms with Gasteiger partial charge in [0.2, 0.25) is 0 Å². The highest BCUT2D eigenvalue weighted by atomic mass is 16.4. The minimum atomic E-state index is 0.126. The van der Waals surface area contributed by atoms with E-state index in [1.165, 1.54) is 5.56 Å². The topological polar surface area (TPSA) is 88.5 Å². The van der Waals surface area contributed by atoms with Gasteiger partial charge in [0.1, 0.15) is 0 Å². The van der Waals surface area contributed by atoms with Crippen LogP contribution in [0.2, 0.25) is 0 Å². The number of benzene rings is 1. The summed E-state index contributed by atoms with van der Waals surface area (Å²) in [7, 11) is 1.94. The molecular weight excluding hydrogens is 266 g/mol. The van der Waals surface area contributed by atoms with E-state index in [0.29, 0.717) is 6.54 Å². The Morgan fingerprint density at radius 3 is 2.67 bits per heavy atom. The van der Waals surface area contributed by atoms with Gasteiger partial charge in [-0.05, 0) is 19.4 Å². The van der Waals surface area contributed by atoms with Crippen LogP contribution in [-0.2, 0) is 20.1 Å². The summed E-state index contributed by atoms with van der Waals surface area (Å²) in [6.45, 7) is 5.44. The lowest BCUT2D eigenvalue weighted by Crippen LogP contribution is -2.20. The Bertz CT molecular complexity index is 660. The predicted octanol–water partition coefficient (Wildman–Crippen LogP) is 1.42. The Labute approximate surface area is 124 Å². The van der Waals surface area contributed by atoms with E-state index in [9.17, 15) is 0 Å². The zero-order chi connectivity index (χ0) is 15.4. The molecule has 2 aromatic rings. The molecule has 0 spiro atoms. The highest BCUT2D eigenvalue weighted by Crippen LogP contribution is 2.13. The van der Waals surface area contributed by atoms with E-state index in [4.69, 9.17) is 10.9 Å². The van der Waals surface area contributed by atoms with Gasteiger partial charge in [-0.3, -0.25) is 4.68 Å². The third-order valence-corrected chi connectivity index (χ3v) is 3.68. The van der Waals surface area contributed by atoms with Gasteiger partial charge in [-0.1, -0.05) is 29.4 Å². The Balaban J connectivity index is 2.08. The monoisotopic (exact) mass is 287 g/mol. The molecule has 0 amide bonds. The molecule has 0 radical (unpaired) electrons. The number of nitrogens with zero attached hydrogens (tertiary/aromatic N) is 3. The highest BCUT2D eigenvalue weighted by molar-refractivity contribution is 5.98. The fourth-order valence-corrected chi connectivity index (χ4v) is 2.37. The largest absolute Gasteiger partial charge is 0.409 e. The van der Waals surface area contributed by atoms with Crippen LogP contribution in [0.5, 0.6) is 0 Å². The number of oxime groups is 1. The maximum Gasteiger partial charge on any atom is 0.170 e. The molecule has 1 aromatic carbocycles. The van der Waals surface area contributed by atoms with Crippen molar-refractivity contribution in [1.82, 2.24) is 15.1 Å². The molecule has 0 fully saturated rings. The maximum absolute atomic E-state index is 8.82. The van der Waals surface area contributed by atoms with Crippen LogP contribution in [0, 0.1) is 13.8 Å². The summed E-state index contributed by atoms with van der Waals surface area (Å²) < 4.78 is 1.89. The summed E-state index contributed by atoms with van der Waals surface area (Å²) >= 11 is 0. The molecule has 21 heavy (non-hydrogen) atoms. The Morgan fingerprint density at radius 2 is 2.05 bits per heavy atom. The van der Waals surface area contributed by atoms with Gasteiger partial charge < -0.3 is 16.3 Å². The fourth-order valence-electron chi connectivity index (χ4n) is 2.37. The molecular formula is C15H21N5O. The number of aryl methyl sites for hydroxylation is 2. The lowest BCUT2D eigenvalue weighted by atomic mass is 10.1. The molecule has 6 heteroatoms. The average molecular weight is 287 g/mol. The molecule has 4 N–H and O–H groups in total. The van der Waals surface area contributed by atoms with Crippen molar-refractivity contribution in [3.8, 4) is 0 Å². The van der Waals surface area contributed by atoms with Crippen molar-refractivity contribution in [3.05, 3.63) is 52.3 Å². The molecule has 0 bridgehead atoms. The molecule has 1 heterocycles. The summed E-state index contributed by atoms with van der Waals surface area (Å²) in [4.78, 5) is 0. The summed E-state index contributed by atoms with van der Waals surface area (Å²) in [5.41, 5.74) is 10.8. The minimum absolute atomic E-state index is 0.126. The van der Waals surface area contributed by atoms with Crippen molar-refractivity contribution in [3.63, 3.8) is 0 Å². The summed E-state index contributed by atoms with van der Waals surface area (Å²) in [5.74, 6) is 0.126. The first-order valence-electron chi connectivity index (χ1n) is 6.80. The predicted molar refractivity (Wildman–Crippen MR) is 82.2 cm³/mol. The van der Waals surface area contributed by atoms with Gasteiger partial charge >= 0.3 is 0 Å². The normalized spacial score (nSPS) is 11.9. The second-order valence-corrected chi connectivity index (χ2v) is 5.02. The second-order valence-electron chi connectivity index (χ2n) is 5.02. The first-order valence-corrected chi connectivity index (χ1v) is 6.80. The molecule has 0 saturated carbocycles. The summed E-state index contributed by atoms with van der Waals surface area (Å²) in [5, 5.41) is 19.7. The van der Waals surface area contributed by atoms with E-state index in [1.54, 1.807) is 0 Å². The van der Waals surface area contributed by atoms with E-state index >= 15 is 0 Å². The molecule has 0 aliphatic rings. The van der Waals surface area contributed by atoms with Crippen molar-refractivity contribution in [2.45, 2.75) is 26.9 Å². The molecule has 1 aromatic heterocycles. The van der Waals surface area contributed by atoms with E-state index in [0.717, 1.165) is 29.1 Å². The number of amidine groups is 1. The molecule has 0 saturated heterocycles. The zero-order valence-corrected chi connectivity index (χ0v) is 12.6. The number of nitrogens with one attached hydrogen (secondary N) is 1. The van der Waals surface area contributed by atoms with Crippen LogP contribution in [0.15, 0.2) is 29.4 Å². The van der Waals surface area contributed by atoms with Gasteiger partial charge in [-0.2, -0.15) is 5.10 Å². The quantitative estimate of drug-likeness (QED) is 0.336. The number of aromatic nitrogens is 2. The van der Waals surface area contributed by atoms with Gasteiger partial charge in [-0.25, -0.2) is 0 Å². The van der Waals surface area contributed by atoms with Gasteiger partial charge in [0.05, 0.1) is 5.69 Å². The van der Waals surface area contributed by atoms with Gasteiger partial charge in [0.15, 0.2) is 5.84 Å². The van der Waals surface area contributed by atoms with Crippen LogP contribution in [0.25, 0.3) is 0 Å². The molecule has 2 rings (SSSR count). The minimum Gasteiger partial charge on any atom is -0.409 e. The number of hydrogen-bond donors (Lipinski definition) is 3. The van der Waals surface area contributed by atoms with Crippen LogP contribution in [-0.4, -0.2) is 20.8 Å². The van der Waals surface area contributed by atoms with E-state index in [2.05, 4.69) is 22.5 Å². The van der Waals surface area contributed by atoms with Gasteiger partial charge in [0, 0.05) is 37.0 Å². The summed E-state index contributed by atoms with van der Waals surface area (Å²) in [6.07, 6.45) is 0. The Kier molecular flexibility index (Phi) is 4.59. The van der Waals surface area contributed by atoms with E-state index in [1.807, 2.05) is 42.9 Å². The van der Waals surface area contributed by atoms with Crippen LogP contribution in [0.1, 0.15) is 28.1 Å². The van der Waals surface area contributed by atoms with Crippen LogP contribution in [0.3, 0.4) is 0 Å². The standard InChI is InChI=1S/C15H21N5O/c1-10-14(11(2)20(3)18-10)9-17-8-12-6-4-5-7-13(12)15(16)19-21/h4-7,17,21H,8-9H2,1-3H3,(H2,16,19). The lowest BCUT2D eigenvalue weighted by Gasteiger charge is -2.10. The maximum atomic E-state index is 8.82. The average Bonchev–Trinajstić information content (AvgIpc) is 2.73. The smallest absolute Gasteiger partial charge is 0.170 e. The third kappa shape index (κ3) is 3.22. The molecule has 0 aliphatic carbocycles. The Morgan fingerprint density at radius 1 is 1.33 bits per heavy atom. The fraction of sp³-hybridized carbons (Fsp3) is 0.333. The van der Waals surface area contributed by atoms with Crippen molar-refractivity contribution < 1.29 is 5.21 Å². The first kappa shape index (κ1) is 15.1. The lowest BCUT2D eigenvalue weighted by molar-refractivity contribution is 0.318. The van der Waals surface area contributed by atoms with Crippen molar-refractivity contribution >= 4 is 5.84 Å². The number of hydrogen-bond acceptors (Lipinski definition) is 4. The van der Waals surface area contributed by atoms with Crippen LogP contribution in [0.4, 0.5) is 0 Å². The molecule has 6 nitrogen and oxygen atoms in total. The molecule has 0 aliphatic heterocycles. The molecule has 112 valence electrons. The van der Waals surface area contributed by atoms with Gasteiger partial charge in [-0.15, -0.1) is 0 Å². The van der Waals surface area contributed by atoms with E-state index in [-0.39, 0.29) is 5.84 Å². The van der Waals surface area contributed by atoms with Gasteiger partial charge in [0.25, 0.3) is 0 Å². The third-order valence-electron chi connectivity index (χ3n) is 3.68. The summed E-state index contributed by atoms with van der Waals surface area (Å²) in [6, 6.07) is 7.61. The number of nitrogens with two attached hydrogens (primary N) is 1. The SMILES string of the molecule is Cc1nn(C)c(C)c1CNCc1ccccc1C(N)=NO. The Hall–Kier alpha value is -2.34. The second kappa shape index (κ2) is 6.41. The van der Waals surface area contributed by atoms with Crippen LogP contribution >= 0.6 is 0 Å². The molecule has 0 unspecified atom stereocenters. The van der Waals surface area contributed by atoms with Crippen molar-refractivity contribution in [1.29, 1.82) is 0 Å². The highest BCUT2D eigenvalue weighted by Gasteiger charge is 2.10. The number of rotatable bonds is 5. The van der Waals surface area contributed by atoms with Crippen LogP contribution < -0.4 is 11.1 Å². The first-order chi connectivity index (χ1) is 10.0. The van der Waals surface area contributed by atoms with Crippen molar-refractivity contribution in [2.75, 3.05) is 0 Å². The zero-order valence-electron chi connectivity index (χ0n) is 12.6.